The van der Waals surface area contributed by atoms with Crippen molar-refractivity contribution in [3.8, 4) is 0 Å². The molecule has 0 radical (unpaired) electrons. The number of nitrogens with zero attached hydrogens (tertiary/aromatic N) is 1. The van der Waals surface area contributed by atoms with Crippen LogP contribution in [0.5, 0.6) is 0 Å². The van der Waals surface area contributed by atoms with Crippen LogP contribution in [0.2, 0.25) is 0 Å². The first kappa shape index (κ1) is 61.6. The van der Waals surface area contributed by atoms with Crippen LogP contribution in [0.15, 0.2) is 170 Å². The summed E-state index contributed by atoms with van der Waals surface area (Å²) in [7, 11) is 0. The molecule has 0 saturated heterocycles. The van der Waals surface area contributed by atoms with E-state index >= 15 is 0 Å². The van der Waals surface area contributed by atoms with Crippen molar-refractivity contribution < 1.29 is 115 Å². The van der Waals surface area contributed by atoms with Crippen molar-refractivity contribution >= 4 is 44.6 Å². The summed E-state index contributed by atoms with van der Waals surface area (Å²) in [6.45, 7) is 0.795. The van der Waals surface area contributed by atoms with Gasteiger partial charge in [-0.2, -0.15) is 127 Å². The topological polar surface area (TPSA) is 20.9 Å². The van der Waals surface area contributed by atoms with Crippen LogP contribution in [0, 0.1) is 0 Å². The fraction of sp³-hybridized carbons (Fsp3) is 0.164. The third-order valence-corrected chi connectivity index (χ3v) is 12.8. The molecule has 0 aliphatic rings. The van der Waals surface area contributed by atoms with Gasteiger partial charge in [-0.15, -0.1) is 0 Å². The second kappa shape index (κ2) is 21.7. The maximum Gasteiger partial charge on any atom is 0.416 e. The maximum atomic E-state index is 14.2. The normalized spacial score (nSPS) is 13.2. The Morgan fingerprint density at radius 2 is 0.610 bits per heavy atom. The molecule has 0 atom stereocenters. The van der Waals surface area contributed by atoms with Crippen LogP contribution in [0.1, 0.15) is 66.0 Å². The molecule has 0 aliphatic heterocycles. The molecule has 8 aromatic rings. The first-order valence-corrected chi connectivity index (χ1v) is 23.0. The Bertz CT molecular complexity index is 3180. The highest BCUT2D eigenvalue weighted by molar-refractivity contribution is 7.20. The molecule has 432 valence electrons. The van der Waals surface area contributed by atoms with Gasteiger partial charge in [0.05, 0.1) is 44.5 Å². The van der Waals surface area contributed by atoms with E-state index in [0.717, 1.165) is 22.9 Å². The minimum atomic E-state index is -6.13. The second-order valence-electron chi connectivity index (χ2n) is 18.3. The van der Waals surface area contributed by atoms with Crippen LogP contribution in [0.3, 0.4) is 0 Å². The smallest absolute Gasteiger partial charge is 0.289 e. The number of hydrogen-bond donors (Lipinski definition) is 0. The minimum Gasteiger partial charge on any atom is -0.289 e. The summed E-state index contributed by atoms with van der Waals surface area (Å²) in [6.07, 6.45) is -50.9. The van der Waals surface area contributed by atoms with Crippen molar-refractivity contribution in [3.63, 3.8) is 0 Å². The highest BCUT2D eigenvalue weighted by Crippen LogP contribution is 2.41. The summed E-state index contributed by atoms with van der Waals surface area (Å²) < 4.78 is 343. The minimum absolute atomic E-state index is 0.0589. The Morgan fingerprint density at radius 1 is 0.329 bits per heavy atom. The third kappa shape index (κ3) is 13.7. The Morgan fingerprint density at radius 3 is 0.915 bits per heavy atom. The molecule has 0 fully saturated rings. The quantitative estimate of drug-likeness (QED) is 0.0643. The lowest BCUT2D eigenvalue weighted by atomic mass is 9.12. The molecule has 2 nitrogen and oxygen atoms in total. The van der Waals surface area contributed by atoms with Crippen LogP contribution in [0.4, 0.5) is 105 Å². The summed E-state index contributed by atoms with van der Waals surface area (Å²) in [5.41, 5.74) is -27.5. The Kier molecular flexibility index (Phi) is 16.3. The summed E-state index contributed by atoms with van der Waals surface area (Å²) in [4.78, 5) is 12.9. The molecule has 0 saturated carbocycles. The van der Waals surface area contributed by atoms with Crippen molar-refractivity contribution in [2.75, 3.05) is 0 Å². The van der Waals surface area contributed by atoms with Gasteiger partial charge in [-0.3, -0.25) is 4.79 Å². The van der Waals surface area contributed by atoms with Crippen molar-refractivity contribution in [2.24, 2.45) is 0 Å². The van der Waals surface area contributed by atoms with Crippen molar-refractivity contribution in [2.45, 2.75) is 56.0 Å². The lowest BCUT2D eigenvalue weighted by Crippen LogP contribution is -2.75. The predicted octanol–water partition coefficient (Wildman–Crippen LogP) is 15.6. The number of benzene rings is 7. The van der Waals surface area contributed by atoms with Gasteiger partial charge in [0.1, 0.15) is 6.15 Å². The molecule has 8 rings (SSSR count). The van der Waals surface area contributed by atoms with Gasteiger partial charge in [0.2, 0.25) is 0 Å². The molecule has 0 amide bonds. The third-order valence-electron chi connectivity index (χ3n) is 12.8. The molecule has 7 aromatic carbocycles. The van der Waals surface area contributed by atoms with E-state index in [1.165, 1.54) is 5.56 Å². The summed E-state index contributed by atoms with van der Waals surface area (Å²) in [6, 6.07) is 19.1. The van der Waals surface area contributed by atoms with E-state index in [9.17, 15) is 110 Å². The summed E-state index contributed by atoms with van der Waals surface area (Å²) in [5, 5.41) is 2.08. The molecular weight excluding hydrogens is 1160 g/mol. The van der Waals surface area contributed by atoms with Crippen LogP contribution in [-0.4, -0.2) is 11.9 Å². The average Bonchev–Trinajstić information content (AvgIpc) is 1.10. The van der Waals surface area contributed by atoms with Gasteiger partial charge in [-0.25, -0.2) is 4.57 Å². The van der Waals surface area contributed by atoms with Crippen LogP contribution in [-0.2, 0) is 56.0 Å². The zero-order valence-electron chi connectivity index (χ0n) is 40.4. The summed E-state index contributed by atoms with van der Waals surface area (Å²) in [5.74, 6) is 0.0589. The summed E-state index contributed by atoms with van der Waals surface area (Å²) >= 11 is 0. The van der Waals surface area contributed by atoms with E-state index in [-0.39, 0.29) is 5.78 Å². The number of halogens is 24. The number of aromatic nitrogens is 1. The fourth-order valence-electron chi connectivity index (χ4n) is 9.16. The molecule has 0 aliphatic carbocycles. The van der Waals surface area contributed by atoms with E-state index in [0.29, 0.717) is 5.56 Å². The lowest BCUT2D eigenvalue weighted by Gasteiger charge is -2.46. The molecule has 0 N–H and O–H groups in total. The molecule has 0 unspecified atom stereocenters. The van der Waals surface area contributed by atoms with E-state index in [1.54, 1.807) is 0 Å². The van der Waals surface area contributed by atoms with Gasteiger partial charge >= 0.3 is 49.4 Å². The number of fused-ring (bicyclic) bond motifs is 1. The Balaban J connectivity index is 0.000000318. The molecule has 27 heteroatoms. The van der Waals surface area contributed by atoms with Crippen molar-refractivity contribution in [1.29, 1.82) is 0 Å². The molecule has 82 heavy (non-hydrogen) atoms. The number of carbonyl (C=O) groups excluding carboxylic acids is 1. The predicted molar refractivity (Wildman–Crippen MR) is 250 cm³/mol. The SMILES string of the molecule is FC(F)(F)c1cc([B-](c2cc(C(F)(F)F)cc(C(F)(F)F)c2)(c2cc(C(F)(F)F)cc(C(F)(F)F)c2)c2cc(C(F)(F)F)cc(C(F)(F)F)c2)cc(C(F)(F)F)c1.O=C(c1cc[n+](Cc2ccccc2)cc1)c1cccc2ccccc12. The second-order valence-corrected chi connectivity index (χ2v) is 18.3. The molecule has 1 heterocycles. The van der Waals surface area contributed by atoms with E-state index in [4.69, 9.17) is 0 Å². The lowest BCUT2D eigenvalue weighted by molar-refractivity contribution is -0.688. The molecular formula is C55H30BF24NO. The van der Waals surface area contributed by atoms with E-state index in [2.05, 4.69) is 16.7 Å². The molecule has 0 bridgehead atoms. The monoisotopic (exact) mass is 1190 g/mol. The first-order valence-electron chi connectivity index (χ1n) is 23.0. The van der Waals surface area contributed by atoms with Gasteiger partial charge in [-0.05, 0) is 35.0 Å². The number of ketones is 1. The largest absolute Gasteiger partial charge is 0.416 e. The standard InChI is InChI=1S/C32H12BF24.C23H18NO/c34-25(35,36)13-1-14(26(37,38)39)6-21(5-13)33(22-7-15(27(40,41)42)2-16(8-22)28(43,44)45,23-9-17(29(46,47)48)3-18(10-23)30(49,50)51)24-11-19(31(52,53)54)4-20(12-24)32(55,56)57;25-23(22-12-6-10-19-9-4-5-11-21(19)22)20-13-15-24(16-14-20)17-18-7-2-1-3-8-18/h1-12H;1-16H,17H2/q-1;+1. The Hall–Kier alpha value is -8.00. The zero-order valence-corrected chi connectivity index (χ0v) is 40.4. The van der Waals surface area contributed by atoms with Gasteiger partial charge in [-0.1, -0.05) is 121 Å². The number of alkyl halides is 24. The zero-order chi connectivity index (χ0) is 61.0. The number of rotatable bonds is 8. The van der Waals surface area contributed by atoms with Gasteiger partial charge in [0.15, 0.2) is 24.7 Å². The molecule has 0 spiro atoms. The maximum absolute atomic E-state index is 14.2. The highest BCUT2D eigenvalue weighted by Gasteiger charge is 2.47. The van der Waals surface area contributed by atoms with Gasteiger partial charge in [0.25, 0.3) is 0 Å². The van der Waals surface area contributed by atoms with Gasteiger partial charge in [0, 0.05) is 28.8 Å². The van der Waals surface area contributed by atoms with Crippen molar-refractivity contribution in [3.05, 3.63) is 231 Å². The van der Waals surface area contributed by atoms with E-state index in [1.807, 2.05) is 85.2 Å². The highest BCUT2D eigenvalue weighted by atomic mass is 19.4. The average molecular weight is 1190 g/mol. The number of pyridine rings is 1. The fourth-order valence-corrected chi connectivity index (χ4v) is 9.16. The van der Waals surface area contributed by atoms with Gasteiger partial charge < -0.3 is 0 Å². The van der Waals surface area contributed by atoms with Crippen molar-refractivity contribution in [1.82, 2.24) is 0 Å². The number of carbonyl (C=O) groups is 1. The van der Waals surface area contributed by atoms with E-state index < -0.39 is 195 Å². The van der Waals surface area contributed by atoms with Crippen LogP contribution >= 0.6 is 0 Å². The van der Waals surface area contributed by atoms with Crippen LogP contribution in [0.25, 0.3) is 10.8 Å². The first-order chi connectivity index (χ1) is 37.6. The van der Waals surface area contributed by atoms with Crippen LogP contribution < -0.4 is 26.4 Å². The molecule has 1 aromatic heterocycles. The number of hydrogen-bond acceptors (Lipinski definition) is 1. The Labute approximate surface area is 445 Å².